The van der Waals surface area contributed by atoms with Gasteiger partial charge in [0.1, 0.15) is 5.75 Å². The molecule has 0 aliphatic heterocycles. The maximum absolute atomic E-state index is 12.0. The van der Waals surface area contributed by atoms with Crippen molar-refractivity contribution in [2.24, 2.45) is 0 Å². The number of hydrogen-bond donors (Lipinski definition) is 1. The number of benzene rings is 1. The Morgan fingerprint density at radius 3 is 2.67 bits per heavy atom. The third-order valence-electron chi connectivity index (χ3n) is 2.23. The van der Waals surface area contributed by atoms with Crippen LogP contribution in [0.3, 0.4) is 0 Å². The highest BCUT2D eigenvalue weighted by atomic mass is 32.1. The van der Waals surface area contributed by atoms with Crippen molar-refractivity contribution in [2.45, 2.75) is 6.61 Å². The zero-order valence-electron chi connectivity index (χ0n) is 9.10. The minimum Gasteiger partial charge on any atom is -0.433 e. The van der Waals surface area contributed by atoms with Crippen LogP contribution in [0.4, 0.5) is 14.5 Å². The Kier molecular flexibility index (Phi) is 3.57. The molecule has 0 bridgehead atoms. The summed E-state index contributed by atoms with van der Waals surface area (Å²) in [5, 5.41) is 1.78. The van der Waals surface area contributed by atoms with Crippen molar-refractivity contribution in [1.29, 1.82) is 0 Å². The molecule has 0 atom stereocenters. The first-order valence-electron chi connectivity index (χ1n) is 5.00. The Labute approximate surface area is 106 Å². The summed E-state index contributed by atoms with van der Waals surface area (Å²) in [5.41, 5.74) is 5.91. The van der Waals surface area contributed by atoms with Gasteiger partial charge in [0.25, 0.3) is 0 Å². The summed E-state index contributed by atoms with van der Waals surface area (Å²) in [6, 6.07) is 7.46. The summed E-state index contributed by atoms with van der Waals surface area (Å²) in [7, 11) is 0. The Morgan fingerprint density at radius 2 is 2.11 bits per heavy atom. The highest BCUT2D eigenvalue weighted by Crippen LogP contribution is 2.26. The highest BCUT2D eigenvalue weighted by Gasteiger charge is 2.13. The largest absolute Gasteiger partial charge is 0.433 e. The smallest absolute Gasteiger partial charge is 0.387 e. The van der Waals surface area contributed by atoms with Gasteiger partial charge < -0.3 is 10.5 Å². The Hall–Kier alpha value is -1.95. The number of hydrogen-bond acceptors (Lipinski definition) is 4. The first kappa shape index (κ1) is 12.5. The predicted octanol–water partition coefficient (Wildman–Crippen LogP) is 3.16. The average molecular weight is 269 g/mol. The van der Waals surface area contributed by atoms with E-state index in [-0.39, 0.29) is 17.2 Å². The van der Waals surface area contributed by atoms with Crippen LogP contribution in [0.1, 0.15) is 15.2 Å². The molecule has 2 N–H and O–H groups in total. The van der Waals surface area contributed by atoms with Gasteiger partial charge in [0.15, 0.2) is 0 Å². The molecule has 0 aliphatic rings. The first-order valence-corrected chi connectivity index (χ1v) is 5.88. The zero-order chi connectivity index (χ0) is 13.1. The van der Waals surface area contributed by atoms with Crippen LogP contribution in [-0.2, 0) is 0 Å². The van der Waals surface area contributed by atoms with Crippen molar-refractivity contribution < 1.29 is 18.3 Å². The molecule has 0 aliphatic carbocycles. The van der Waals surface area contributed by atoms with Crippen molar-refractivity contribution in [1.82, 2.24) is 0 Å². The van der Waals surface area contributed by atoms with E-state index in [1.165, 1.54) is 29.5 Å². The van der Waals surface area contributed by atoms with E-state index in [0.717, 1.165) is 0 Å². The van der Waals surface area contributed by atoms with E-state index in [9.17, 15) is 13.6 Å². The molecule has 0 radical (unpaired) electrons. The molecule has 0 unspecified atom stereocenters. The number of halogens is 2. The van der Waals surface area contributed by atoms with E-state index in [0.29, 0.717) is 10.4 Å². The molecule has 0 fully saturated rings. The second-order valence-corrected chi connectivity index (χ2v) is 4.39. The van der Waals surface area contributed by atoms with Gasteiger partial charge in [0.05, 0.1) is 10.6 Å². The number of carbonyl (C=O) groups is 1. The van der Waals surface area contributed by atoms with Crippen LogP contribution in [-0.4, -0.2) is 12.4 Å². The van der Waals surface area contributed by atoms with E-state index in [1.807, 2.05) is 0 Å². The third kappa shape index (κ3) is 2.65. The summed E-state index contributed by atoms with van der Waals surface area (Å²) in [4.78, 5) is 12.5. The van der Waals surface area contributed by atoms with Crippen LogP contribution in [0, 0.1) is 0 Å². The Balaban J connectivity index is 2.26. The lowest BCUT2D eigenvalue weighted by Gasteiger charge is -2.08. The van der Waals surface area contributed by atoms with E-state index in [2.05, 4.69) is 4.74 Å². The van der Waals surface area contributed by atoms with Crippen LogP contribution in [0.15, 0.2) is 35.7 Å². The lowest BCUT2D eigenvalue weighted by atomic mass is 10.1. The molecule has 1 aromatic heterocycles. The molecular formula is C12H9F2NO2S. The molecular weight excluding hydrogens is 260 g/mol. The number of anilines is 1. The summed E-state index contributed by atoms with van der Waals surface area (Å²) >= 11 is 1.30. The number of alkyl halides is 2. The van der Waals surface area contributed by atoms with Crippen LogP contribution in [0.2, 0.25) is 0 Å². The molecule has 1 aromatic carbocycles. The highest BCUT2D eigenvalue weighted by molar-refractivity contribution is 7.12. The average Bonchev–Trinajstić information content (AvgIpc) is 2.84. The minimum atomic E-state index is -2.94. The summed E-state index contributed by atoms with van der Waals surface area (Å²) < 4.78 is 28.3. The molecule has 6 heteroatoms. The van der Waals surface area contributed by atoms with Gasteiger partial charge in [0, 0.05) is 5.56 Å². The summed E-state index contributed by atoms with van der Waals surface area (Å²) in [5.74, 6) is -0.326. The first-order chi connectivity index (χ1) is 8.58. The van der Waals surface area contributed by atoms with Crippen LogP contribution >= 0.6 is 11.3 Å². The number of ether oxygens (including phenoxy) is 1. The monoisotopic (exact) mass is 269 g/mol. The van der Waals surface area contributed by atoms with Crippen LogP contribution in [0.5, 0.6) is 5.75 Å². The molecule has 0 saturated heterocycles. The van der Waals surface area contributed by atoms with Crippen molar-refractivity contribution in [3.8, 4) is 5.75 Å². The van der Waals surface area contributed by atoms with Gasteiger partial charge in [0.2, 0.25) is 5.78 Å². The molecule has 2 rings (SSSR count). The number of ketones is 1. The van der Waals surface area contributed by atoms with Crippen molar-refractivity contribution in [3.63, 3.8) is 0 Å². The van der Waals surface area contributed by atoms with Gasteiger partial charge >= 0.3 is 6.61 Å². The van der Waals surface area contributed by atoms with Crippen LogP contribution in [0.25, 0.3) is 0 Å². The normalized spacial score (nSPS) is 10.6. The van der Waals surface area contributed by atoms with Crippen molar-refractivity contribution >= 4 is 22.8 Å². The lowest BCUT2D eigenvalue weighted by molar-refractivity contribution is -0.0493. The fourth-order valence-electron chi connectivity index (χ4n) is 1.44. The van der Waals surface area contributed by atoms with Crippen molar-refractivity contribution in [3.05, 3.63) is 46.2 Å². The van der Waals surface area contributed by atoms with Gasteiger partial charge in [-0.25, -0.2) is 0 Å². The van der Waals surface area contributed by atoms with Gasteiger partial charge in [-0.15, -0.1) is 11.3 Å². The van der Waals surface area contributed by atoms with Gasteiger partial charge in [-0.3, -0.25) is 4.79 Å². The number of carbonyl (C=O) groups excluding carboxylic acids is 1. The summed E-state index contributed by atoms with van der Waals surface area (Å²) in [6.07, 6.45) is 0. The molecule has 0 amide bonds. The predicted molar refractivity (Wildman–Crippen MR) is 65.2 cm³/mol. The SMILES string of the molecule is Nc1cc(C(=O)c2cccs2)ccc1OC(F)F. The number of rotatable bonds is 4. The molecule has 0 spiro atoms. The molecule has 94 valence electrons. The standard InChI is InChI=1S/C12H9F2NO2S/c13-12(14)17-9-4-3-7(6-8(9)15)11(16)10-2-1-5-18-10/h1-6,12H,15H2. The Bertz CT molecular complexity index is 555. The minimum absolute atomic E-state index is 0.0118. The molecule has 18 heavy (non-hydrogen) atoms. The van der Waals surface area contributed by atoms with Gasteiger partial charge in [-0.2, -0.15) is 8.78 Å². The third-order valence-corrected chi connectivity index (χ3v) is 3.10. The van der Waals surface area contributed by atoms with E-state index in [4.69, 9.17) is 5.73 Å². The van der Waals surface area contributed by atoms with Crippen molar-refractivity contribution in [2.75, 3.05) is 5.73 Å². The summed E-state index contributed by atoms with van der Waals surface area (Å²) in [6.45, 7) is -2.94. The van der Waals surface area contributed by atoms with Crippen LogP contribution < -0.4 is 10.5 Å². The number of nitrogen functional groups attached to an aromatic ring is 1. The Morgan fingerprint density at radius 1 is 1.33 bits per heavy atom. The zero-order valence-corrected chi connectivity index (χ0v) is 9.92. The maximum Gasteiger partial charge on any atom is 0.387 e. The molecule has 1 heterocycles. The molecule has 0 saturated carbocycles. The number of nitrogens with two attached hydrogens (primary N) is 1. The van der Waals surface area contributed by atoms with Gasteiger partial charge in [-0.1, -0.05) is 6.07 Å². The second-order valence-electron chi connectivity index (χ2n) is 3.44. The number of thiophene rings is 1. The second kappa shape index (κ2) is 5.14. The maximum atomic E-state index is 12.0. The fraction of sp³-hybridized carbons (Fsp3) is 0.0833. The molecule has 2 aromatic rings. The fourth-order valence-corrected chi connectivity index (χ4v) is 2.13. The van der Waals surface area contributed by atoms with E-state index >= 15 is 0 Å². The van der Waals surface area contributed by atoms with E-state index < -0.39 is 6.61 Å². The van der Waals surface area contributed by atoms with Gasteiger partial charge in [-0.05, 0) is 29.6 Å². The quantitative estimate of drug-likeness (QED) is 0.685. The van der Waals surface area contributed by atoms with E-state index in [1.54, 1.807) is 17.5 Å². The lowest BCUT2D eigenvalue weighted by Crippen LogP contribution is -2.06. The topological polar surface area (TPSA) is 52.3 Å². The molecule has 3 nitrogen and oxygen atoms in total.